The van der Waals surface area contributed by atoms with Gasteiger partial charge >= 0.3 is 0 Å². The molecule has 0 fully saturated rings. The summed E-state index contributed by atoms with van der Waals surface area (Å²) in [6, 6.07) is 0. The van der Waals surface area contributed by atoms with Crippen LogP contribution in [0.5, 0.6) is 0 Å². The molecule has 0 spiro atoms. The molecule has 0 aliphatic carbocycles. The minimum absolute atomic E-state index is 0.250. The molecule has 78 valence electrons. The maximum atomic E-state index is 9.93. The molecule has 13 heavy (non-hydrogen) atoms. The van der Waals surface area contributed by atoms with Crippen LogP contribution in [0.3, 0.4) is 0 Å². The van der Waals surface area contributed by atoms with Gasteiger partial charge in [-0.1, -0.05) is 27.7 Å². The first-order valence-corrected chi connectivity index (χ1v) is 4.65. The Kier molecular flexibility index (Phi) is 4.81. The van der Waals surface area contributed by atoms with Crippen molar-refractivity contribution in [2.45, 2.75) is 40.5 Å². The molecule has 0 aliphatic rings. The quantitative estimate of drug-likeness (QED) is 0.631. The molecule has 0 radical (unpaired) electrons. The van der Waals surface area contributed by atoms with Gasteiger partial charge in [0.05, 0.1) is 0 Å². The minimum atomic E-state index is -1.43. The zero-order valence-corrected chi connectivity index (χ0v) is 8.92. The maximum Gasteiger partial charge on any atom is 0.251 e. The van der Waals surface area contributed by atoms with Crippen LogP contribution < -0.4 is 5.11 Å². The normalized spacial score (nSPS) is 13.8. The zero-order valence-electron chi connectivity index (χ0n) is 8.92. The van der Waals surface area contributed by atoms with E-state index in [4.69, 9.17) is 0 Å². The summed E-state index contributed by atoms with van der Waals surface area (Å²) in [7, 11) is 0. The Hall–Kier alpha value is -0.730. The number of rotatable bonds is 4. The highest BCUT2D eigenvalue weighted by Crippen LogP contribution is 2.25. The molecule has 0 saturated carbocycles. The summed E-state index contributed by atoms with van der Waals surface area (Å²) in [5, 5.41) is 9.93. The molecule has 1 unspecified atom stereocenters. The van der Waals surface area contributed by atoms with Gasteiger partial charge in [0.15, 0.2) is 0 Å². The van der Waals surface area contributed by atoms with E-state index in [1.807, 2.05) is 0 Å². The van der Waals surface area contributed by atoms with Crippen LogP contribution in [0.25, 0.3) is 0 Å². The molecule has 0 N–H and O–H groups in total. The SMILES string of the molecule is CC(CCOC(=O)[O-])CC(C)(C)C. The Balaban J connectivity index is 3.52. The van der Waals surface area contributed by atoms with Gasteiger partial charge in [-0.25, -0.2) is 0 Å². The molecule has 0 aromatic carbocycles. The third-order valence-corrected chi connectivity index (χ3v) is 1.79. The number of carbonyl (C=O) groups excluding carboxylic acids is 1. The van der Waals surface area contributed by atoms with Gasteiger partial charge < -0.3 is 14.6 Å². The fourth-order valence-corrected chi connectivity index (χ4v) is 1.49. The van der Waals surface area contributed by atoms with Gasteiger partial charge in [0, 0.05) is 6.61 Å². The Morgan fingerprint density at radius 1 is 1.46 bits per heavy atom. The predicted octanol–water partition coefficient (Wildman–Crippen LogP) is 1.81. The standard InChI is InChI=1S/C10H20O3/c1-8(7-10(2,3)4)5-6-13-9(11)12/h8H,5-7H2,1-4H3,(H,11,12)/p-1. The smallest absolute Gasteiger partial charge is 0.251 e. The number of ether oxygens (including phenoxy) is 1. The molecule has 1 atom stereocenters. The highest BCUT2D eigenvalue weighted by atomic mass is 16.7. The van der Waals surface area contributed by atoms with E-state index >= 15 is 0 Å². The van der Waals surface area contributed by atoms with Crippen molar-refractivity contribution >= 4 is 6.16 Å². The second-order valence-corrected chi connectivity index (χ2v) is 4.76. The number of hydrogen-bond donors (Lipinski definition) is 0. The molecule has 3 nitrogen and oxygen atoms in total. The van der Waals surface area contributed by atoms with Crippen molar-refractivity contribution in [3.8, 4) is 0 Å². The lowest BCUT2D eigenvalue weighted by atomic mass is 9.84. The van der Waals surface area contributed by atoms with E-state index in [0.717, 1.165) is 12.8 Å². The van der Waals surface area contributed by atoms with Crippen LogP contribution in [0.15, 0.2) is 0 Å². The average molecular weight is 187 g/mol. The molecule has 0 amide bonds. The average Bonchev–Trinajstić information content (AvgIpc) is 1.81. The van der Waals surface area contributed by atoms with Crippen LogP contribution in [0.1, 0.15) is 40.5 Å². The van der Waals surface area contributed by atoms with E-state index in [1.54, 1.807) is 0 Å². The van der Waals surface area contributed by atoms with Crippen LogP contribution in [0.2, 0.25) is 0 Å². The van der Waals surface area contributed by atoms with E-state index < -0.39 is 6.16 Å². The summed E-state index contributed by atoms with van der Waals surface area (Å²) < 4.78 is 4.33. The van der Waals surface area contributed by atoms with E-state index in [0.29, 0.717) is 11.3 Å². The summed E-state index contributed by atoms with van der Waals surface area (Å²) in [6.07, 6.45) is 0.414. The van der Waals surface area contributed by atoms with Crippen molar-refractivity contribution in [3.63, 3.8) is 0 Å². The molecule has 0 bridgehead atoms. The van der Waals surface area contributed by atoms with E-state index in [-0.39, 0.29) is 6.61 Å². The fourth-order valence-electron chi connectivity index (χ4n) is 1.49. The summed E-state index contributed by atoms with van der Waals surface area (Å²) in [4.78, 5) is 9.93. The maximum absolute atomic E-state index is 9.93. The van der Waals surface area contributed by atoms with Gasteiger partial charge in [0.1, 0.15) is 0 Å². The van der Waals surface area contributed by atoms with Gasteiger partial charge in [0.2, 0.25) is 0 Å². The zero-order chi connectivity index (χ0) is 10.5. The van der Waals surface area contributed by atoms with Gasteiger partial charge in [-0.05, 0) is 24.2 Å². The van der Waals surface area contributed by atoms with Crippen molar-refractivity contribution in [2.75, 3.05) is 6.61 Å². The molecule has 0 rings (SSSR count). The van der Waals surface area contributed by atoms with E-state index in [2.05, 4.69) is 32.4 Å². The van der Waals surface area contributed by atoms with Crippen LogP contribution in [-0.2, 0) is 4.74 Å². The number of hydrogen-bond acceptors (Lipinski definition) is 3. The molecule has 3 heteroatoms. The van der Waals surface area contributed by atoms with Crippen LogP contribution >= 0.6 is 0 Å². The highest BCUT2D eigenvalue weighted by molar-refractivity contribution is 5.53. The minimum Gasteiger partial charge on any atom is -0.550 e. The van der Waals surface area contributed by atoms with Gasteiger partial charge in [-0.3, -0.25) is 0 Å². The monoisotopic (exact) mass is 187 g/mol. The molecule has 0 saturated heterocycles. The van der Waals surface area contributed by atoms with Crippen molar-refractivity contribution in [1.82, 2.24) is 0 Å². The van der Waals surface area contributed by atoms with Crippen LogP contribution in [0, 0.1) is 11.3 Å². The molecule has 0 aromatic rings. The second kappa shape index (κ2) is 5.10. The van der Waals surface area contributed by atoms with E-state index in [1.165, 1.54) is 0 Å². The third-order valence-electron chi connectivity index (χ3n) is 1.79. The Labute approximate surface area is 80.1 Å². The largest absolute Gasteiger partial charge is 0.550 e. The Morgan fingerprint density at radius 2 is 2.00 bits per heavy atom. The predicted molar refractivity (Wildman–Crippen MR) is 49.2 cm³/mol. The molecule has 0 aliphatic heterocycles. The van der Waals surface area contributed by atoms with E-state index in [9.17, 15) is 9.90 Å². The van der Waals surface area contributed by atoms with Crippen molar-refractivity contribution in [1.29, 1.82) is 0 Å². The lowest BCUT2D eigenvalue weighted by Crippen LogP contribution is -2.24. The molecule has 0 aromatic heterocycles. The van der Waals surface area contributed by atoms with Crippen LogP contribution in [-0.4, -0.2) is 12.8 Å². The summed E-state index contributed by atoms with van der Waals surface area (Å²) in [5.41, 5.74) is 0.293. The Morgan fingerprint density at radius 3 is 2.38 bits per heavy atom. The third kappa shape index (κ3) is 9.18. The van der Waals surface area contributed by atoms with Crippen LogP contribution in [0.4, 0.5) is 4.79 Å². The first-order chi connectivity index (χ1) is 5.81. The van der Waals surface area contributed by atoms with Crippen molar-refractivity contribution in [3.05, 3.63) is 0 Å². The second-order valence-electron chi connectivity index (χ2n) is 4.76. The summed E-state index contributed by atoms with van der Waals surface area (Å²) in [6.45, 7) is 8.86. The summed E-state index contributed by atoms with van der Waals surface area (Å²) >= 11 is 0. The Bertz CT molecular complexity index is 158. The molecule has 0 heterocycles. The lowest BCUT2D eigenvalue weighted by molar-refractivity contribution is -0.282. The van der Waals surface area contributed by atoms with Crippen molar-refractivity contribution < 1.29 is 14.6 Å². The number of carboxylic acid groups (broad SMARTS) is 1. The highest BCUT2D eigenvalue weighted by Gasteiger charge is 2.14. The van der Waals surface area contributed by atoms with Crippen molar-refractivity contribution in [2.24, 2.45) is 11.3 Å². The summed E-state index contributed by atoms with van der Waals surface area (Å²) in [5.74, 6) is 0.486. The van der Waals surface area contributed by atoms with Gasteiger partial charge in [-0.15, -0.1) is 0 Å². The van der Waals surface area contributed by atoms with Gasteiger partial charge in [-0.2, -0.15) is 0 Å². The van der Waals surface area contributed by atoms with Gasteiger partial charge in [0.25, 0.3) is 6.16 Å². The lowest BCUT2D eigenvalue weighted by Gasteiger charge is -2.23. The molecular formula is C10H19O3-. The topological polar surface area (TPSA) is 49.4 Å². The first-order valence-electron chi connectivity index (χ1n) is 4.65. The first kappa shape index (κ1) is 12.3. The molecular weight excluding hydrogens is 168 g/mol. The number of carbonyl (C=O) groups is 1. The fraction of sp³-hybridized carbons (Fsp3) is 0.900.